The molecule has 3 amide bonds. The number of amides is 3. The topological polar surface area (TPSA) is 137 Å². The molecule has 39 heavy (non-hydrogen) atoms. The van der Waals surface area contributed by atoms with Crippen molar-refractivity contribution < 1.29 is 33.3 Å². The zero-order chi connectivity index (χ0) is 28.4. The summed E-state index contributed by atoms with van der Waals surface area (Å²) < 4.78 is 21.9. The number of hydrazone groups is 1. The van der Waals surface area contributed by atoms with E-state index in [9.17, 15) is 14.4 Å². The Morgan fingerprint density at radius 1 is 1.10 bits per heavy atom. The van der Waals surface area contributed by atoms with Crippen LogP contribution in [0.4, 0.5) is 4.79 Å². The number of carbonyl (C=O) groups is 3. The summed E-state index contributed by atoms with van der Waals surface area (Å²) >= 11 is 0. The van der Waals surface area contributed by atoms with E-state index < -0.39 is 23.9 Å². The molecule has 0 fully saturated rings. The van der Waals surface area contributed by atoms with Crippen LogP contribution in [0.3, 0.4) is 0 Å². The molecule has 1 atom stereocenters. The summed E-state index contributed by atoms with van der Waals surface area (Å²) in [4.78, 5) is 36.9. The van der Waals surface area contributed by atoms with Crippen LogP contribution in [0, 0.1) is 5.92 Å². The molecule has 1 heterocycles. The van der Waals surface area contributed by atoms with Crippen LogP contribution in [0.5, 0.6) is 17.2 Å². The molecule has 0 aliphatic carbocycles. The predicted molar refractivity (Wildman–Crippen MR) is 145 cm³/mol. The summed E-state index contributed by atoms with van der Waals surface area (Å²) in [6, 6.07) is 11.0. The van der Waals surface area contributed by atoms with Crippen molar-refractivity contribution in [1.82, 2.24) is 16.1 Å². The van der Waals surface area contributed by atoms with Crippen LogP contribution in [0.15, 0.2) is 58.8 Å². The summed E-state index contributed by atoms with van der Waals surface area (Å²) in [5.41, 5.74) is 4.46. The molecule has 11 nitrogen and oxygen atoms in total. The quantitative estimate of drug-likeness (QED) is 0.214. The van der Waals surface area contributed by atoms with Crippen LogP contribution in [-0.2, 0) is 14.3 Å². The number of nitrogens with one attached hydrogen (secondary N) is 3. The molecule has 2 aromatic rings. The monoisotopic (exact) mass is 538 g/mol. The van der Waals surface area contributed by atoms with E-state index in [-0.39, 0.29) is 18.8 Å². The Morgan fingerprint density at radius 2 is 1.85 bits per heavy atom. The number of esters is 1. The van der Waals surface area contributed by atoms with Crippen LogP contribution in [-0.4, -0.2) is 51.1 Å². The molecule has 2 aromatic carbocycles. The minimum absolute atomic E-state index is 0.193. The number of rotatable bonds is 12. The lowest BCUT2D eigenvalue weighted by atomic mass is 9.95. The van der Waals surface area contributed by atoms with Gasteiger partial charge in [-0.1, -0.05) is 19.9 Å². The van der Waals surface area contributed by atoms with E-state index in [4.69, 9.17) is 18.9 Å². The molecule has 11 heteroatoms. The predicted octanol–water partition coefficient (Wildman–Crippen LogP) is 3.45. The van der Waals surface area contributed by atoms with Crippen LogP contribution in [0.2, 0.25) is 0 Å². The highest BCUT2D eigenvalue weighted by Gasteiger charge is 2.32. The summed E-state index contributed by atoms with van der Waals surface area (Å²) in [6.45, 7) is 8.01. The van der Waals surface area contributed by atoms with Crippen LogP contribution in [0.25, 0.3) is 0 Å². The number of hydrogen-bond donors (Lipinski definition) is 3. The van der Waals surface area contributed by atoms with Crippen molar-refractivity contribution in [2.75, 3.05) is 26.9 Å². The Morgan fingerprint density at radius 3 is 2.51 bits per heavy atom. The van der Waals surface area contributed by atoms with Gasteiger partial charge in [0.25, 0.3) is 5.91 Å². The Balaban J connectivity index is 1.61. The minimum atomic E-state index is -0.755. The SMILES string of the molecule is CCOC(=O)C1=C(C)NC(=O)N[C@H]1c1ccc(OCC(=O)N/N=C\c2ccc(OCC(C)C)cc2)c(OC)c1. The molecule has 0 saturated carbocycles. The van der Waals surface area contributed by atoms with Gasteiger partial charge in [0.2, 0.25) is 0 Å². The molecule has 0 unspecified atom stereocenters. The third kappa shape index (κ3) is 8.22. The highest BCUT2D eigenvalue weighted by Crippen LogP contribution is 2.34. The van der Waals surface area contributed by atoms with E-state index in [0.717, 1.165) is 11.3 Å². The van der Waals surface area contributed by atoms with Gasteiger partial charge in [-0.25, -0.2) is 15.0 Å². The number of methoxy groups -OCH3 is 1. The van der Waals surface area contributed by atoms with Gasteiger partial charge in [-0.2, -0.15) is 5.10 Å². The van der Waals surface area contributed by atoms with E-state index in [1.807, 2.05) is 24.3 Å². The fourth-order valence-corrected chi connectivity index (χ4v) is 3.67. The second-order valence-electron chi connectivity index (χ2n) is 9.06. The largest absolute Gasteiger partial charge is 0.493 e. The van der Waals surface area contributed by atoms with E-state index in [2.05, 4.69) is 35.0 Å². The number of benzene rings is 2. The Hall–Kier alpha value is -4.54. The van der Waals surface area contributed by atoms with Gasteiger partial charge in [0, 0.05) is 5.70 Å². The van der Waals surface area contributed by atoms with Crippen molar-refractivity contribution in [3.05, 3.63) is 64.9 Å². The molecule has 0 spiro atoms. The first kappa shape index (κ1) is 29.0. The summed E-state index contributed by atoms with van der Waals surface area (Å²) in [7, 11) is 1.45. The smallest absolute Gasteiger partial charge is 0.338 e. The van der Waals surface area contributed by atoms with E-state index in [1.165, 1.54) is 13.3 Å². The number of nitrogens with zero attached hydrogens (tertiary/aromatic N) is 1. The van der Waals surface area contributed by atoms with Crippen molar-refractivity contribution in [1.29, 1.82) is 0 Å². The molecular formula is C28H34N4O7. The molecule has 0 bridgehead atoms. The number of allylic oxidation sites excluding steroid dienone is 1. The van der Waals surface area contributed by atoms with Gasteiger partial charge in [0.1, 0.15) is 5.75 Å². The van der Waals surface area contributed by atoms with Gasteiger partial charge in [0.15, 0.2) is 18.1 Å². The van der Waals surface area contributed by atoms with Gasteiger partial charge >= 0.3 is 12.0 Å². The number of ether oxygens (including phenoxy) is 4. The average molecular weight is 539 g/mol. The van der Waals surface area contributed by atoms with Gasteiger partial charge < -0.3 is 29.6 Å². The zero-order valence-electron chi connectivity index (χ0n) is 22.7. The number of hydrogen-bond acceptors (Lipinski definition) is 8. The standard InChI is InChI=1S/C28H34N4O7/c1-6-37-27(34)25-18(4)30-28(35)31-26(25)20-9-12-22(23(13-20)36-5)39-16-24(33)32-29-14-19-7-10-21(11-8-19)38-15-17(2)3/h7-14,17,26H,6,15-16H2,1-5H3,(H,32,33)(H2,30,31,35)/b29-14-/t26-/m0/s1. The third-order valence-corrected chi connectivity index (χ3v) is 5.51. The lowest BCUT2D eigenvalue weighted by Crippen LogP contribution is -2.45. The molecule has 0 radical (unpaired) electrons. The van der Waals surface area contributed by atoms with Gasteiger partial charge in [0.05, 0.1) is 38.2 Å². The summed E-state index contributed by atoms with van der Waals surface area (Å²) in [6.07, 6.45) is 1.52. The molecule has 1 aliphatic heterocycles. The first-order valence-corrected chi connectivity index (χ1v) is 12.5. The molecule has 1 aliphatic rings. The van der Waals surface area contributed by atoms with E-state index >= 15 is 0 Å². The highest BCUT2D eigenvalue weighted by atomic mass is 16.5. The minimum Gasteiger partial charge on any atom is -0.493 e. The lowest BCUT2D eigenvalue weighted by molar-refractivity contribution is -0.139. The fraction of sp³-hybridized carbons (Fsp3) is 0.357. The molecule has 0 saturated heterocycles. The second kappa shape index (κ2) is 13.8. The van der Waals surface area contributed by atoms with Crippen molar-refractivity contribution in [2.45, 2.75) is 33.7 Å². The Labute approximate surface area is 227 Å². The van der Waals surface area contributed by atoms with Gasteiger partial charge in [-0.05, 0) is 67.3 Å². The number of carbonyl (C=O) groups excluding carboxylic acids is 3. The molecule has 3 N–H and O–H groups in total. The van der Waals surface area contributed by atoms with Gasteiger partial charge in [-0.15, -0.1) is 0 Å². The highest BCUT2D eigenvalue weighted by molar-refractivity contribution is 5.95. The fourth-order valence-electron chi connectivity index (χ4n) is 3.67. The molecular weight excluding hydrogens is 504 g/mol. The van der Waals surface area contributed by atoms with Crippen LogP contribution >= 0.6 is 0 Å². The van der Waals surface area contributed by atoms with Gasteiger partial charge in [-0.3, -0.25) is 4.79 Å². The average Bonchev–Trinajstić information content (AvgIpc) is 2.91. The maximum atomic E-state index is 12.5. The Kier molecular flexibility index (Phi) is 10.3. The normalized spacial score (nSPS) is 15.0. The van der Waals surface area contributed by atoms with E-state index in [0.29, 0.717) is 35.3 Å². The Bertz CT molecular complexity index is 1240. The first-order valence-electron chi connectivity index (χ1n) is 12.5. The van der Waals surface area contributed by atoms with Crippen molar-refractivity contribution >= 4 is 24.1 Å². The van der Waals surface area contributed by atoms with Crippen molar-refractivity contribution in [2.24, 2.45) is 11.0 Å². The van der Waals surface area contributed by atoms with E-state index in [1.54, 1.807) is 32.0 Å². The second-order valence-corrected chi connectivity index (χ2v) is 9.06. The first-order chi connectivity index (χ1) is 18.7. The maximum absolute atomic E-state index is 12.5. The molecule has 208 valence electrons. The summed E-state index contributed by atoms with van der Waals surface area (Å²) in [5.74, 6) is 0.809. The zero-order valence-corrected chi connectivity index (χ0v) is 22.7. The van der Waals surface area contributed by atoms with Crippen LogP contribution in [0.1, 0.15) is 44.9 Å². The summed E-state index contributed by atoms with van der Waals surface area (Å²) in [5, 5.41) is 9.28. The maximum Gasteiger partial charge on any atom is 0.338 e. The van der Waals surface area contributed by atoms with Crippen molar-refractivity contribution in [3.8, 4) is 17.2 Å². The number of urea groups is 1. The third-order valence-electron chi connectivity index (χ3n) is 5.51. The lowest BCUT2D eigenvalue weighted by Gasteiger charge is -2.28. The van der Waals surface area contributed by atoms with Crippen molar-refractivity contribution in [3.63, 3.8) is 0 Å². The van der Waals surface area contributed by atoms with Crippen LogP contribution < -0.4 is 30.3 Å². The molecule has 3 rings (SSSR count). The molecule has 0 aromatic heterocycles.